The molecule has 0 radical (unpaired) electrons. The van der Waals surface area contributed by atoms with Gasteiger partial charge >= 0.3 is 0 Å². The lowest BCUT2D eigenvalue weighted by molar-refractivity contribution is -0.673. The van der Waals surface area contributed by atoms with Gasteiger partial charge in [-0.15, -0.1) is 0 Å². The Bertz CT molecular complexity index is 582. The molecule has 0 aliphatic carbocycles. The zero-order valence-corrected chi connectivity index (χ0v) is 15.0. The van der Waals surface area contributed by atoms with Crippen LogP contribution in [0.2, 0.25) is 0 Å². The molecule has 0 unspecified atom stereocenters. The van der Waals surface area contributed by atoms with Crippen LogP contribution in [0.4, 0.5) is 0 Å². The second-order valence-corrected chi connectivity index (χ2v) is 6.05. The zero-order chi connectivity index (χ0) is 17.2. The third-order valence-corrected chi connectivity index (χ3v) is 3.64. The van der Waals surface area contributed by atoms with Crippen molar-refractivity contribution in [1.82, 2.24) is 9.80 Å². The van der Waals surface area contributed by atoms with Crippen LogP contribution >= 0.6 is 0 Å². The van der Waals surface area contributed by atoms with Crippen molar-refractivity contribution in [2.45, 2.75) is 6.42 Å². The third-order valence-electron chi connectivity index (χ3n) is 3.64. The molecule has 0 aliphatic rings. The van der Waals surface area contributed by atoms with E-state index in [0.717, 1.165) is 36.5 Å². The summed E-state index contributed by atoms with van der Waals surface area (Å²) in [4.78, 5) is 4.37. The molecule has 1 aromatic rings. The van der Waals surface area contributed by atoms with E-state index < -0.39 is 0 Å². The van der Waals surface area contributed by atoms with E-state index >= 15 is 0 Å². The topological polar surface area (TPSA) is 10.4 Å². The molecular weight excluding hydrogens is 282 g/mol. The number of aryl methyl sites for hydroxylation is 1. The molecule has 0 aromatic carbocycles. The summed E-state index contributed by atoms with van der Waals surface area (Å²) in [6.07, 6.45) is 11.3. The molecule has 0 N–H and O–H groups in total. The highest BCUT2D eigenvalue weighted by Gasteiger charge is 2.00. The van der Waals surface area contributed by atoms with Crippen LogP contribution in [0.5, 0.6) is 0 Å². The van der Waals surface area contributed by atoms with Gasteiger partial charge in [-0.1, -0.05) is 19.2 Å². The monoisotopic (exact) mass is 312 g/mol. The molecule has 3 nitrogen and oxygen atoms in total. The Morgan fingerprint density at radius 2 is 1.83 bits per heavy atom. The molecule has 3 heteroatoms. The predicted molar refractivity (Wildman–Crippen MR) is 99.9 cm³/mol. The molecule has 124 valence electrons. The highest BCUT2D eigenvalue weighted by Crippen LogP contribution is 2.06. The Morgan fingerprint density at radius 3 is 2.48 bits per heavy atom. The number of hydrogen-bond acceptors (Lipinski definition) is 2. The fraction of sp³-hybridized carbons (Fsp3) is 0.350. The van der Waals surface area contributed by atoms with Gasteiger partial charge in [0.25, 0.3) is 0 Å². The summed E-state index contributed by atoms with van der Waals surface area (Å²) < 4.78 is 2.07. The first-order valence-electron chi connectivity index (χ1n) is 7.94. The first-order chi connectivity index (χ1) is 10.9. The van der Waals surface area contributed by atoms with Gasteiger partial charge in [0, 0.05) is 37.5 Å². The van der Waals surface area contributed by atoms with Gasteiger partial charge in [-0.05, 0) is 50.9 Å². The minimum atomic E-state index is 0.955. The number of rotatable bonds is 9. The van der Waals surface area contributed by atoms with Crippen molar-refractivity contribution >= 4 is 6.08 Å². The Kier molecular flexibility index (Phi) is 8.06. The van der Waals surface area contributed by atoms with Crippen molar-refractivity contribution < 1.29 is 4.57 Å². The van der Waals surface area contributed by atoms with Crippen molar-refractivity contribution in [2.75, 3.05) is 34.2 Å². The van der Waals surface area contributed by atoms with Crippen LogP contribution in [-0.4, -0.2) is 44.0 Å². The van der Waals surface area contributed by atoms with Crippen molar-refractivity contribution in [1.29, 1.82) is 0 Å². The van der Waals surface area contributed by atoms with Crippen LogP contribution in [0.1, 0.15) is 12.1 Å². The summed E-state index contributed by atoms with van der Waals surface area (Å²) in [5, 5.41) is 0. The van der Waals surface area contributed by atoms with Crippen molar-refractivity contribution in [3.63, 3.8) is 0 Å². The number of aromatic nitrogens is 1. The Hall–Kier alpha value is -2.13. The lowest BCUT2D eigenvalue weighted by Gasteiger charge is -2.20. The quantitative estimate of drug-likeness (QED) is 0.512. The van der Waals surface area contributed by atoms with E-state index in [1.807, 2.05) is 43.6 Å². The van der Waals surface area contributed by atoms with Gasteiger partial charge in [0.05, 0.1) is 0 Å². The highest BCUT2D eigenvalue weighted by atomic mass is 15.1. The largest absolute Gasteiger partial charge is 0.375 e. The minimum absolute atomic E-state index is 0.955. The van der Waals surface area contributed by atoms with Gasteiger partial charge in [-0.2, -0.15) is 0 Å². The average molecular weight is 312 g/mol. The fourth-order valence-electron chi connectivity index (χ4n) is 2.06. The van der Waals surface area contributed by atoms with Crippen LogP contribution in [0.3, 0.4) is 0 Å². The molecule has 1 aromatic heterocycles. The number of nitrogens with zero attached hydrogens (tertiary/aromatic N) is 3. The number of allylic oxidation sites excluding steroid dienone is 4. The molecule has 23 heavy (non-hydrogen) atoms. The molecule has 0 fully saturated rings. The summed E-state index contributed by atoms with van der Waals surface area (Å²) in [5.74, 6) is 0. The predicted octanol–water partition coefficient (Wildman–Crippen LogP) is 3.03. The summed E-state index contributed by atoms with van der Waals surface area (Å²) in [6, 6.07) is 6.12. The van der Waals surface area contributed by atoms with Crippen molar-refractivity contribution in [2.24, 2.45) is 7.05 Å². The van der Waals surface area contributed by atoms with E-state index in [-0.39, 0.29) is 0 Å². The van der Waals surface area contributed by atoms with E-state index in [1.165, 1.54) is 0 Å². The van der Waals surface area contributed by atoms with Crippen LogP contribution in [-0.2, 0) is 7.05 Å². The SMILES string of the molecule is C=C(/C=C\C(=C)N(C)CCCN(C)C)/C=C/c1cccc[n+]1C. The second kappa shape index (κ2) is 9.80. The van der Waals surface area contributed by atoms with Gasteiger partial charge < -0.3 is 9.80 Å². The van der Waals surface area contributed by atoms with E-state index in [0.29, 0.717) is 0 Å². The van der Waals surface area contributed by atoms with E-state index in [4.69, 9.17) is 0 Å². The number of pyridine rings is 1. The van der Waals surface area contributed by atoms with E-state index in [2.05, 4.69) is 60.8 Å². The maximum atomic E-state index is 4.11. The minimum Gasteiger partial charge on any atom is -0.375 e. The molecule has 0 saturated carbocycles. The van der Waals surface area contributed by atoms with Crippen LogP contribution in [0.25, 0.3) is 6.08 Å². The average Bonchev–Trinajstić information content (AvgIpc) is 2.51. The van der Waals surface area contributed by atoms with E-state index in [1.54, 1.807) is 0 Å². The molecular formula is C20H30N3+. The molecule has 0 spiro atoms. The normalized spacial score (nSPS) is 11.5. The summed E-state index contributed by atoms with van der Waals surface area (Å²) in [6.45, 7) is 10.3. The van der Waals surface area contributed by atoms with Crippen LogP contribution in [0.15, 0.2) is 67.1 Å². The summed E-state index contributed by atoms with van der Waals surface area (Å²) >= 11 is 0. The molecule has 0 atom stereocenters. The summed E-state index contributed by atoms with van der Waals surface area (Å²) in [7, 11) is 8.29. The van der Waals surface area contributed by atoms with Crippen molar-refractivity contribution in [3.8, 4) is 0 Å². The lowest BCUT2D eigenvalue weighted by atomic mass is 10.2. The molecule has 0 saturated heterocycles. The molecule has 0 aliphatic heterocycles. The molecule has 1 rings (SSSR count). The van der Waals surface area contributed by atoms with Gasteiger partial charge in [0.15, 0.2) is 6.20 Å². The van der Waals surface area contributed by atoms with Crippen LogP contribution < -0.4 is 4.57 Å². The molecule has 1 heterocycles. The number of likely N-dealkylation sites (N-methyl/N-ethyl adjacent to an activating group) is 1. The van der Waals surface area contributed by atoms with Gasteiger partial charge in [-0.3, -0.25) is 0 Å². The third kappa shape index (κ3) is 7.61. The number of hydrogen-bond donors (Lipinski definition) is 0. The second-order valence-electron chi connectivity index (χ2n) is 6.05. The Balaban J connectivity index is 2.48. The van der Waals surface area contributed by atoms with E-state index in [9.17, 15) is 0 Å². The van der Waals surface area contributed by atoms with Gasteiger partial charge in [-0.25, -0.2) is 4.57 Å². The smallest absolute Gasteiger partial charge is 0.204 e. The summed E-state index contributed by atoms with van der Waals surface area (Å²) in [5.41, 5.74) is 3.10. The Morgan fingerprint density at radius 1 is 1.09 bits per heavy atom. The van der Waals surface area contributed by atoms with Gasteiger partial charge in [0.2, 0.25) is 5.69 Å². The van der Waals surface area contributed by atoms with Crippen LogP contribution in [0, 0.1) is 0 Å². The van der Waals surface area contributed by atoms with Gasteiger partial charge in [0.1, 0.15) is 7.05 Å². The molecule has 0 bridgehead atoms. The standard InChI is InChI=1S/C20H30N3/c1-18(12-14-20-10-7-8-16-23(20)6)11-13-19(2)22(5)17-9-15-21(3)4/h7-8,10-14,16H,1-2,9,15,17H2,3-6H3/q+1/b13-11-,14-12+. The maximum Gasteiger partial charge on any atom is 0.204 e. The maximum absolute atomic E-state index is 4.11. The highest BCUT2D eigenvalue weighted by molar-refractivity contribution is 5.49. The lowest BCUT2D eigenvalue weighted by Crippen LogP contribution is -2.30. The van der Waals surface area contributed by atoms with Crippen molar-refractivity contribution in [3.05, 3.63) is 72.7 Å². The Labute approximate surface area is 141 Å². The molecule has 0 amide bonds. The first kappa shape index (κ1) is 18.9. The zero-order valence-electron chi connectivity index (χ0n) is 15.0. The first-order valence-corrected chi connectivity index (χ1v) is 7.94. The fourth-order valence-corrected chi connectivity index (χ4v) is 2.06.